The first-order valence-electron chi connectivity index (χ1n) is 7.05. The van der Waals surface area contributed by atoms with Gasteiger partial charge in [-0.15, -0.1) is 0 Å². The Morgan fingerprint density at radius 3 is 2.86 bits per heavy atom. The quantitative estimate of drug-likeness (QED) is 0.775. The minimum Gasteiger partial charge on any atom is -0.408 e. The number of aromatic amines is 1. The lowest BCUT2D eigenvalue weighted by atomic mass is 10.1. The monoisotopic (exact) mass is 296 g/mol. The molecule has 5 heteroatoms. The fraction of sp³-hybridized carbons (Fsp3) is 0.176. The molecule has 1 aromatic heterocycles. The third kappa shape index (κ3) is 3.09. The lowest BCUT2D eigenvalue weighted by Gasteiger charge is -2.07. The minimum atomic E-state index is -0.476. The predicted octanol–water partition coefficient (Wildman–Crippen LogP) is 2.29. The molecule has 0 aliphatic heterocycles. The van der Waals surface area contributed by atoms with Gasteiger partial charge in [-0.25, -0.2) is 4.79 Å². The molecule has 0 spiro atoms. The predicted molar refractivity (Wildman–Crippen MR) is 83.6 cm³/mol. The number of carbonyl (C=O) groups excluding carboxylic acids is 1. The average molecular weight is 296 g/mol. The SMILES string of the molecule is Cc1ccccc1CC(=O)NCc1ccc2[nH]c(=O)oc2c1. The largest absolute Gasteiger partial charge is 0.417 e. The molecule has 22 heavy (non-hydrogen) atoms. The van der Waals surface area contributed by atoms with Crippen LogP contribution < -0.4 is 11.1 Å². The summed E-state index contributed by atoms with van der Waals surface area (Å²) in [6, 6.07) is 13.2. The number of fused-ring (bicyclic) bond motifs is 1. The number of aryl methyl sites for hydroxylation is 1. The number of H-pyrrole nitrogens is 1. The normalized spacial score (nSPS) is 10.8. The van der Waals surface area contributed by atoms with Gasteiger partial charge in [0.05, 0.1) is 11.9 Å². The number of nitrogens with one attached hydrogen (secondary N) is 2. The van der Waals surface area contributed by atoms with Crippen LogP contribution in [-0.2, 0) is 17.8 Å². The molecule has 0 saturated heterocycles. The van der Waals surface area contributed by atoms with E-state index in [9.17, 15) is 9.59 Å². The van der Waals surface area contributed by atoms with Crippen LogP contribution in [0.1, 0.15) is 16.7 Å². The van der Waals surface area contributed by atoms with Crippen molar-refractivity contribution in [1.82, 2.24) is 10.3 Å². The van der Waals surface area contributed by atoms with Gasteiger partial charge in [0.25, 0.3) is 0 Å². The molecule has 2 aromatic carbocycles. The van der Waals surface area contributed by atoms with Gasteiger partial charge in [0.2, 0.25) is 5.91 Å². The molecule has 3 rings (SSSR count). The van der Waals surface area contributed by atoms with Crippen LogP contribution in [0.3, 0.4) is 0 Å². The molecular formula is C17H16N2O3. The van der Waals surface area contributed by atoms with E-state index in [-0.39, 0.29) is 5.91 Å². The highest BCUT2D eigenvalue weighted by molar-refractivity contribution is 5.79. The Balaban J connectivity index is 1.64. The Hall–Kier alpha value is -2.82. The van der Waals surface area contributed by atoms with Crippen molar-refractivity contribution in [2.45, 2.75) is 19.9 Å². The number of hydrogen-bond acceptors (Lipinski definition) is 3. The molecule has 0 fully saturated rings. The second-order valence-corrected chi connectivity index (χ2v) is 5.23. The van der Waals surface area contributed by atoms with E-state index in [1.54, 1.807) is 12.1 Å². The van der Waals surface area contributed by atoms with Crippen molar-refractivity contribution in [3.05, 3.63) is 69.7 Å². The van der Waals surface area contributed by atoms with E-state index in [4.69, 9.17) is 4.42 Å². The third-order valence-electron chi connectivity index (χ3n) is 3.59. The Labute approximate surface area is 127 Å². The molecule has 112 valence electrons. The van der Waals surface area contributed by atoms with E-state index in [0.29, 0.717) is 24.1 Å². The van der Waals surface area contributed by atoms with Crippen LogP contribution in [-0.4, -0.2) is 10.9 Å². The Morgan fingerprint density at radius 1 is 1.23 bits per heavy atom. The maximum Gasteiger partial charge on any atom is 0.417 e. The summed E-state index contributed by atoms with van der Waals surface area (Å²) in [5.74, 6) is -0.513. The van der Waals surface area contributed by atoms with Gasteiger partial charge >= 0.3 is 5.76 Å². The summed E-state index contributed by atoms with van der Waals surface area (Å²) in [5.41, 5.74) is 4.16. The first-order chi connectivity index (χ1) is 10.6. The number of carbonyl (C=O) groups is 1. The summed E-state index contributed by atoms with van der Waals surface area (Å²) >= 11 is 0. The number of rotatable bonds is 4. The zero-order chi connectivity index (χ0) is 15.5. The van der Waals surface area contributed by atoms with E-state index in [1.165, 1.54) is 0 Å². The molecular weight excluding hydrogens is 280 g/mol. The van der Waals surface area contributed by atoms with Gasteiger partial charge in [-0.1, -0.05) is 30.3 Å². The minimum absolute atomic E-state index is 0.0371. The lowest BCUT2D eigenvalue weighted by Crippen LogP contribution is -2.24. The summed E-state index contributed by atoms with van der Waals surface area (Å²) in [5, 5.41) is 2.88. The zero-order valence-electron chi connectivity index (χ0n) is 12.2. The fourth-order valence-corrected chi connectivity index (χ4v) is 2.34. The maximum atomic E-state index is 12.0. The van der Waals surface area contributed by atoms with Crippen molar-refractivity contribution in [2.24, 2.45) is 0 Å². The number of oxazole rings is 1. The molecule has 0 radical (unpaired) electrons. The summed E-state index contributed by atoms with van der Waals surface area (Å²) in [4.78, 5) is 25.7. The van der Waals surface area contributed by atoms with Crippen molar-refractivity contribution in [3.63, 3.8) is 0 Å². The van der Waals surface area contributed by atoms with Crippen LogP contribution in [0, 0.1) is 6.92 Å². The van der Waals surface area contributed by atoms with Gasteiger partial charge in [-0.05, 0) is 35.7 Å². The van der Waals surface area contributed by atoms with Crippen molar-refractivity contribution < 1.29 is 9.21 Å². The van der Waals surface area contributed by atoms with Crippen LogP contribution in [0.2, 0.25) is 0 Å². The molecule has 2 N–H and O–H groups in total. The van der Waals surface area contributed by atoms with Crippen LogP contribution in [0.25, 0.3) is 11.1 Å². The van der Waals surface area contributed by atoms with Gasteiger partial charge in [-0.3, -0.25) is 9.78 Å². The smallest absolute Gasteiger partial charge is 0.408 e. The van der Waals surface area contributed by atoms with E-state index >= 15 is 0 Å². The van der Waals surface area contributed by atoms with Gasteiger partial charge in [0, 0.05) is 6.54 Å². The van der Waals surface area contributed by atoms with Crippen LogP contribution in [0.5, 0.6) is 0 Å². The standard InChI is InChI=1S/C17H16N2O3/c1-11-4-2-3-5-13(11)9-16(20)18-10-12-6-7-14-15(8-12)22-17(21)19-14/h2-8H,9-10H2,1H3,(H,18,20)(H,19,21). The highest BCUT2D eigenvalue weighted by Gasteiger charge is 2.07. The van der Waals surface area contributed by atoms with Crippen LogP contribution in [0.15, 0.2) is 51.7 Å². The Kier molecular flexibility index (Phi) is 3.78. The molecule has 0 aliphatic carbocycles. The summed E-state index contributed by atoms with van der Waals surface area (Å²) < 4.78 is 5.00. The van der Waals surface area contributed by atoms with Crippen molar-refractivity contribution >= 4 is 17.0 Å². The Bertz CT molecular complexity index is 877. The molecule has 0 bridgehead atoms. The third-order valence-corrected chi connectivity index (χ3v) is 3.59. The second-order valence-electron chi connectivity index (χ2n) is 5.23. The first-order valence-corrected chi connectivity index (χ1v) is 7.05. The molecule has 3 aromatic rings. The maximum absolute atomic E-state index is 12.0. The highest BCUT2D eigenvalue weighted by atomic mass is 16.4. The van der Waals surface area contributed by atoms with E-state index < -0.39 is 5.76 Å². The van der Waals surface area contributed by atoms with Crippen molar-refractivity contribution in [1.29, 1.82) is 0 Å². The fourth-order valence-electron chi connectivity index (χ4n) is 2.34. The van der Waals surface area contributed by atoms with Gasteiger partial charge < -0.3 is 9.73 Å². The topological polar surface area (TPSA) is 75.1 Å². The van der Waals surface area contributed by atoms with Gasteiger partial charge in [0.15, 0.2) is 5.58 Å². The zero-order valence-corrected chi connectivity index (χ0v) is 12.2. The second kappa shape index (κ2) is 5.89. The Morgan fingerprint density at radius 2 is 2.05 bits per heavy atom. The van der Waals surface area contributed by atoms with Gasteiger partial charge in [-0.2, -0.15) is 0 Å². The number of hydrogen-bond donors (Lipinski definition) is 2. The van der Waals surface area contributed by atoms with E-state index in [1.807, 2.05) is 37.3 Å². The number of aromatic nitrogens is 1. The molecule has 5 nitrogen and oxygen atoms in total. The number of amides is 1. The van der Waals surface area contributed by atoms with E-state index in [0.717, 1.165) is 16.7 Å². The molecule has 0 atom stereocenters. The summed E-state index contributed by atoms with van der Waals surface area (Å²) in [7, 11) is 0. The molecule has 0 saturated carbocycles. The van der Waals surface area contributed by atoms with Crippen LogP contribution in [0.4, 0.5) is 0 Å². The van der Waals surface area contributed by atoms with Crippen LogP contribution >= 0.6 is 0 Å². The first kappa shape index (κ1) is 14.1. The van der Waals surface area contributed by atoms with Gasteiger partial charge in [0.1, 0.15) is 0 Å². The average Bonchev–Trinajstić information content (AvgIpc) is 2.87. The molecule has 1 amide bonds. The molecule has 1 heterocycles. The molecule has 0 unspecified atom stereocenters. The summed E-state index contributed by atoms with van der Waals surface area (Å²) in [6.07, 6.45) is 0.355. The van der Waals surface area contributed by atoms with Crippen molar-refractivity contribution in [2.75, 3.05) is 0 Å². The highest BCUT2D eigenvalue weighted by Crippen LogP contribution is 2.12. The molecule has 0 aliphatic rings. The van der Waals surface area contributed by atoms with Crippen molar-refractivity contribution in [3.8, 4) is 0 Å². The lowest BCUT2D eigenvalue weighted by molar-refractivity contribution is -0.120. The number of benzene rings is 2. The van der Waals surface area contributed by atoms with E-state index in [2.05, 4.69) is 10.3 Å². The summed E-state index contributed by atoms with van der Waals surface area (Å²) in [6.45, 7) is 2.39.